The smallest absolute Gasteiger partial charge is 0.410 e. The molecule has 1 atom stereocenters. The molecule has 1 rings (SSSR count). The molecule has 0 bridgehead atoms. The van der Waals surface area contributed by atoms with Crippen LogP contribution in [0.1, 0.15) is 27.7 Å². The molecule has 6 nitrogen and oxygen atoms in total. The third kappa shape index (κ3) is 3.87. The minimum atomic E-state index is -0.538. The summed E-state index contributed by atoms with van der Waals surface area (Å²) in [5.41, 5.74) is -0.538. The van der Waals surface area contributed by atoms with E-state index in [1.165, 1.54) is 11.8 Å². The Morgan fingerprint density at radius 3 is 2.39 bits per heavy atom. The molecule has 0 aromatic rings. The first-order valence-electron chi connectivity index (χ1n) is 6.10. The number of amides is 2. The van der Waals surface area contributed by atoms with Gasteiger partial charge in [0.15, 0.2) is 0 Å². The number of aliphatic hydroxyl groups excluding tert-OH is 1. The van der Waals surface area contributed by atoms with Crippen molar-refractivity contribution in [2.45, 2.75) is 39.3 Å². The van der Waals surface area contributed by atoms with Gasteiger partial charge in [-0.1, -0.05) is 0 Å². The van der Waals surface area contributed by atoms with Crippen LogP contribution in [0.15, 0.2) is 0 Å². The number of nitrogens with zero attached hydrogens (tertiary/aromatic N) is 2. The Hall–Kier alpha value is -1.30. The SMILES string of the molecule is CC(=O)N1CCN(C(=O)OC(C)(C)C)C[C@@H]1CO. The Morgan fingerprint density at radius 1 is 1.33 bits per heavy atom. The molecule has 18 heavy (non-hydrogen) atoms. The van der Waals surface area contributed by atoms with Crippen molar-refractivity contribution in [3.05, 3.63) is 0 Å². The molecular formula is C12H22N2O4. The maximum atomic E-state index is 11.9. The monoisotopic (exact) mass is 258 g/mol. The molecule has 1 aliphatic heterocycles. The van der Waals surface area contributed by atoms with E-state index in [1.807, 2.05) is 0 Å². The highest BCUT2D eigenvalue weighted by atomic mass is 16.6. The second-order valence-electron chi connectivity index (χ2n) is 5.48. The molecule has 0 aromatic carbocycles. The lowest BCUT2D eigenvalue weighted by Gasteiger charge is -2.40. The maximum absolute atomic E-state index is 11.9. The highest BCUT2D eigenvalue weighted by Crippen LogP contribution is 2.14. The van der Waals surface area contributed by atoms with E-state index in [9.17, 15) is 14.7 Å². The maximum Gasteiger partial charge on any atom is 0.410 e. The predicted octanol–water partition coefficient (Wildman–Crippen LogP) is 0.447. The number of ether oxygens (including phenoxy) is 1. The van der Waals surface area contributed by atoms with Crippen LogP contribution in [0.4, 0.5) is 4.79 Å². The predicted molar refractivity (Wildman–Crippen MR) is 66.1 cm³/mol. The molecule has 0 spiro atoms. The molecule has 6 heteroatoms. The Morgan fingerprint density at radius 2 is 1.94 bits per heavy atom. The number of hydrogen-bond donors (Lipinski definition) is 1. The van der Waals surface area contributed by atoms with Crippen LogP contribution in [0, 0.1) is 0 Å². The van der Waals surface area contributed by atoms with Crippen LogP contribution in [0.25, 0.3) is 0 Å². The lowest BCUT2D eigenvalue weighted by Crippen LogP contribution is -2.58. The van der Waals surface area contributed by atoms with Gasteiger partial charge in [-0.2, -0.15) is 0 Å². The van der Waals surface area contributed by atoms with Crippen molar-refractivity contribution < 1.29 is 19.4 Å². The topological polar surface area (TPSA) is 70.1 Å². The van der Waals surface area contributed by atoms with Crippen molar-refractivity contribution in [3.8, 4) is 0 Å². The average molecular weight is 258 g/mol. The van der Waals surface area contributed by atoms with Crippen LogP contribution in [0.2, 0.25) is 0 Å². The van der Waals surface area contributed by atoms with E-state index in [0.29, 0.717) is 19.6 Å². The summed E-state index contributed by atoms with van der Waals surface area (Å²) in [5, 5.41) is 9.27. The van der Waals surface area contributed by atoms with Gasteiger partial charge in [0, 0.05) is 26.6 Å². The summed E-state index contributed by atoms with van der Waals surface area (Å²) >= 11 is 0. The molecule has 1 N–H and O–H groups in total. The molecule has 1 saturated heterocycles. The van der Waals surface area contributed by atoms with E-state index < -0.39 is 11.7 Å². The van der Waals surface area contributed by atoms with Gasteiger partial charge in [0.1, 0.15) is 5.60 Å². The van der Waals surface area contributed by atoms with E-state index in [0.717, 1.165) is 0 Å². The fourth-order valence-electron chi connectivity index (χ4n) is 1.92. The molecule has 0 unspecified atom stereocenters. The highest BCUT2D eigenvalue weighted by Gasteiger charge is 2.32. The fraction of sp³-hybridized carbons (Fsp3) is 0.833. The standard InChI is InChI=1S/C12H22N2O4/c1-9(16)14-6-5-13(7-10(14)8-15)11(17)18-12(2,3)4/h10,15H,5-8H2,1-4H3/t10-/m1/s1. The molecule has 104 valence electrons. The lowest BCUT2D eigenvalue weighted by atomic mass is 10.1. The van der Waals surface area contributed by atoms with Gasteiger partial charge in [-0.3, -0.25) is 4.79 Å². The molecule has 0 saturated carbocycles. The van der Waals surface area contributed by atoms with Crippen molar-refractivity contribution in [2.24, 2.45) is 0 Å². The minimum Gasteiger partial charge on any atom is -0.444 e. The first kappa shape index (κ1) is 14.8. The molecule has 1 fully saturated rings. The number of piperazine rings is 1. The van der Waals surface area contributed by atoms with E-state index in [4.69, 9.17) is 4.74 Å². The van der Waals surface area contributed by atoms with Gasteiger partial charge < -0.3 is 19.6 Å². The molecule has 0 radical (unpaired) electrons. The Labute approximate surface area is 107 Å². The summed E-state index contributed by atoms with van der Waals surface area (Å²) in [5.74, 6) is -0.0853. The van der Waals surface area contributed by atoms with Crippen molar-refractivity contribution in [1.29, 1.82) is 0 Å². The molecule has 1 heterocycles. The molecule has 0 aromatic heterocycles. The summed E-state index contributed by atoms with van der Waals surface area (Å²) < 4.78 is 5.27. The minimum absolute atomic E-state index is 0.0853. The van der Waals surface area contributed by atoms with Crippen molar-refractivity contribution >= 4 is 12.0 Å². The summed E-state index contributed by atoms with van der Waals surface area (Å²) in [6, 6.07) is -0.344. The van der Waals surface area contributed by atoms with Gasteiger partial charge in [0.05, 0.1) is 12.6 Å². The first-order chi connectivity index (χ1) is 8.24. The van der Waals surface area contributed by atoms with E-state index in [1.54, 1.807) is 25.7 Å². The van der Waals surface area contributed by atoms with Crippen LogP contribution in [0.3, 0.4) is 0 Å². The molecular weight excluding hydrogens is 236 g/mol. The zero-order chi connectivity index (χ0) is 13.9. The van der Waals surface area contributed by atoms with E-state index in [2.05, 4.69) is 0 Å². The number of carbonyl (C=O) groups excluding carboxylic acids is 2. The van der Waals surface area contributed by atoms with Gasteiger partial charge in [-0.05, 0) is 20.8 Å². The molecule has 2 amide bonds. The van der Waals surface area contributed by atoms with Crippen LogP contribution in [-0.4, -0.2) is 64.8 Å². The largest absolute Gasteiger partial charge is 0.444 e. The van der Waals surface area contributed by atoms with Crippen molar-refractivity contribution in [1.82, 2.24) is 9.80 Å². The average Bonchev–Trinajstić information content (AvgIpc) is 2.25. The van der Waals surface area contributed by atoms with Crippen molar-refractivity contribution in [3.63, 3.8) is 0 Å². The molecule has 0 aliphatic carbocycles. The zero-order valence-electron chi connectivity index (χ0n) is 11.5. The second kappa shape index (κ2) is 5.56. The summed E-state index contributed by atoms with van der Waals surface area (Å²) in [6.07, 6.45) is -0.399. The Balaban J connectivity index is 2.62. The van der Waals surface area contributed by atoms with E-state index in [-0.39, 0.29) is 18.6 Å². The number of aliphatic hydroxyl groups is 1. The van der Waals surface area contributed by atoms with Gasteiger partial charge in [0.2, 0.25) is 5.91 Å². The third-order valence-corrected chi connectivity index (χ3v) is 2.75. The summed E-state index contributed by atoms with van der Waals surface area (Å²) in [7, 11) is 0. The number of hydrogen-bond acceptors (Lipinski definition) is 4. The normalized spacial score (nSPS) is 20.8. The number of carbonyl (C=O) groups is 2. The van der Waals surface area contributed by atoms with Gasteiger partial charge >= 0.3 is 6.09 Å². The van der Waals surface area contributed by atoms with Crippen LogP contribution < -0.4 is 0 Å². The Bertz CT molecular complexity index is 325. The second-order valence-corrected chi connectivity index (χ2v) is 5.48. The Kier molecular flexibility index (Phi) is 4.56. The van der Waals surface area contributed by atoms with Gasteiger partial charge in [0.25, 0.3) is 0 Å². The quantitative estimate of drug-likeness (QED) is 0.741. The third-order valence-electron chi connectivity index (χ3n) is 2.75. The van der Waals surface area contributed by atoms with Gasteiger partial charge in [-0.15, -0.1) is 0 Å². The highest BCUT2D eigenvalue weighted by molar-refractivity contribution is 5.74. The fourth-order valence-corrected chi connectivity index (χ4v) is 1.92. The summed E-state index contributed by atoms with van der Waals surface area (Å²) in [6.45, 7) is 7.90. The van der Waals surface area contributed by atoms with Crippen LogP contribution >= 0.6 is 0 Å². The summed E-state index contributed by atoms with van der Waals surface area (Å²) in [4.78, 5) is 26.3. The molecule has 1 aliphatic rings. The lowest BCUT2D eigenvalue weighted by molar-refractivity contribution is -0.134. The van der Waals surface area contributed by atoms with Crippen LogP contribution in [-0.2, 0) is 9.53 Å². The van der Waals surface area contributed by atoms with E-state index >= 15 is 0 Å². The van der Waals surface area contributed by atoms with Crippen molar-refractivity contribution in [2.75, 3.05) is 26.2 Å². The zero-order valence-corrected chi connectivity index (χ0v) is 11.5. The van der Waals surface area contributed by atoms with Crippen LogP contribution in [0.5, 0.6) is 0 Å². The first-order valence-corrected chi connectivity index (χ1v) is 6.10. The number of rotatable bonds is 1. The van der Waals surface area contributed by atoms with Gasteiger partial charge in [-0.25, -0.2) is 4.79 Å².